The summed E-state index contributed by atoms with van der Waals surface area (Å²) in [6.07, 6.45) is 6.01. The first-order valence-corrected chi connectivity index (χ1v) is 7.56. The van der Waals surface area contributed by atoms with Crippen molar-refractivity contribution in [2.24, 2.45) is 5.92 Å². The normalized spacial score (nSPS) is 19.0. The van der Waals surface area contributed by atoms with Gasteiger partial charge in [0.2, 0.25) is 0 Å². The fourth-order valence-corrected chi connectivity index (χ4v) is 2.96. The van der Waals surface area contributed by atoms with Gasteiger partial charge in [0.1, 0.15) is 11.9 Å². The minimum absolute atomic E-state index is 0.0854. The third kappa shape index (κ3) is 3.48. The highest BCUT2D eigenvalue weighted by atomic mass is 16.5. The number of methoxy groups -OCH3 is 1. The van der Waals surface area contributed by atoms with Crippen LogP contribution in [0.3, 0.4) is 0 Å². The Labute approximate surface area is 121 Å². The molecule has 0 amide bonds. The fraction of sp³-hybridized carbons (Fsp3) is 0.750. The van der Waals surface area contributed by atoms with Gasteiger partial charge >= 0.3 is 0 Å². The maximum absolute atomic E-state index is 11.9. The number of ether oxygens (including phenoxy) is 1. The minimum atomic E-state index is -0.131. The minimum Gasteiger partial charge on any atom is -0.373 e. The Morgan fingerprint density at radius 2 is 1.95 bits per heavy atom. The van der Waals surface area contributed by atoms with E-state index in [-0.39, 0.29) is 17.1 Å². The second-order valence-corrected chi connectivity index (χ2v) is 6.82. The first-order valence-electron chi connectivity index (χ1n) is 7.56. The van der Waals surface area contributed by atoms with Crippen LogP contribution in [0.5, 0.6) is 0 Å². The smallest absolute Gasteiger partial charge is 0.251 e. The number of hydrogen-bond acceptors (Lipinski definition) is 3. The summed E-state index contributed by atoms with van der Waals surface area (Å²) < 4.78 is 5.67. The van der Waals surface area contributed by atoms with Gasteiger partial charge in [0.05, 0.1) is 5.69 Å². The van der Waals surface area contributed by atoms with E-state index in [9.17, 15) is 4.79 Å². The average molecular weight is 278 g/mol. The molecule has 1 aromatic heterocycles. The molecule has 1 aliphatic carbocycles. The SMILES string of the molecule is COC(c1nc(C(C)(C)C)cc(=O)[nH]1)C1CCCCC1. The molecule has 1 fully saturated rings. The zero-order chi connectivity index (χ0) is 14.8. The van der Waals surface area contributed by atoms with Crippen LogP contribution >= 0.6 is 0 Å². The molecule has 0 aromatic carbocycles. The van der Waals surface area contributed by atoms with Gasteiger partial charge in [-0.2, -0.15) is 0 Å². The molecule has 1 aromatic rings. The van der Waals surface area contributed by atoms with E-state index in [1.165, 1.54) is 19.3 Å². The summed E-state index contributed by atoms with van der Waals surface area (Å²) in [5.41, 5.74) is 0.611. The summed E-state index contributed by atoms with van der Waals surface area (Å²) >= 11 is 0. The Morgan fingerprint density at radius 1 is 1.30 bits per heavy atom. The molecule has 2 rings (SSSR count). The number of aromatic amines is 1. The molecule has 4 nitrogen and oxygen atoms in total. The highest BCUT2D eigenvalue weighted by molar-refractivity contribution is 5.13. The van der Waals surface area contributed by atoms with Gasteiger partial charge in [0.15, 0.2) is 0 Å². The number of rotatable bonds is 3. The number of H-pyrrole nitrogens is 1. The summed E-state index contributed by atoms with van der Waals surface area (Å²) in [5.74, 6) is 1.16. The lowest BCUT2D eigenvalue weighted by molar-refractivity contribution is 0.0284. The van der Waals surface area contributed by atoms with Crippen LogP contribution in [0.25, 0.3) is 0 Å². The molecule has 1 saturated carbocycles. The molecule has 1 unspecified atom stereocenters. The Balaban J connectivity index is 2.34. The van der Waals surface area contributed by atoms with E-state index in [1.54, 1.807) is 13.2 Å². The molecule has 0 bridgehead atoms. The molecular formula is C16H26N2O2. The maximum Gasteiger partial charge on any atom is 0.251 e. The van der Waals surface area contributed by atoms with Crippen molar-refractivity contribution in [3.05, 3.63) is 27.9 Å². The molecule has 0 aliphatic heterocycles. The van der Waals surface area contributed by atoms with Gasteiger partial charge in [0, 0.05) is 18.6 Å². The lowest BCUT2D eigenvalue weighted by Crippen LogP contribution is -2.26. The average Bonchev–Trinajstić information content (AvgIpc) is 2.39. The first-order chi connectivity index (χ1) is 9.41. The van der Waals surface area contributed by atoms with Gasteiger partial charge in [-0.3, -0.25) is 4.79 Å². The van der Waals surface area contributed by atoms with Crippen LogP contribution in [0, 0.1) is 5.92 Å². The summed E-state index contributed by atoms with van der Waals surface area (Å²) in [7, 11) is 1.71. The molecule has 4 heteroatoms. The maximum atomic E-state index is 11.9. The van der Waals surface area contributed by atoms with Gasteiger partial charge in [-0.05, 0) is 18.8 Å². The van der Waals surface area contributed by atoms with E-state index in [0.717, 1.165) is 18.5 Å². The van der Waals surface area contributed by atoms with Gasteiger partial charge in [-0.25, -0.2) is 4.98 Å². The molecule has 1 atom stereocenters. The van der Waals surface area contributed by atoms with Crippen LogP contribution in [0.1, 0.15) is 70.5 Å². The Kier molecular flexibility index (Phi) is 4.63. The van der Waals surface area contributed by atoms with Crippen molar-refractivity contribution in [3.8, 4) is 0 Å². The van der Waals surface area contributed by atoms with Crippen molar-refractivity contribution in [1.82, 2.24) is 9.97 Å². The largest absolute Gasteiger partial charge is 0.373 e. The van der Waals surface area contributed by atoms with Crippen molar-refractivity contribution in [1.29, 1.82) is 0 Å². The number of hydrogen-bond donors (Lipinski definition) is 1. The van der Waals surface area contributed by atoms with Crippen LogP contribution in [-0.2, 0) is 10.2 Å². The lowest BCUT2D eigenvalue weighted by Gasteiger charge is -2.29. The lowest BCUT2D eigenvalue weighted by atomic mass is 9.84. The molecule has 20 heavy (non-hydrogen) atoms. The molecule has 1 heterocycles. The number of aromatic nitrogens is 2. The predicted molar refractivity (Wildman–Crippen MR) is 79.9 cm³/mol. The Bertz CT molecular complexity index is 496. The van der Waals surface area contributed by atoms with Crippen LogP contribution in [0.15, 0.2) is 10.9 Å². The van der Waals surface area contributed by atoms with Crippen molar-refractivity contribution in [2.75, 3.05) is 7.11 Å². The molecule has 0 spiro atoms. The van der Waals surface area contributed by atoms with E-state index < -0.39 is 0 Å². The highest BCUT2D eigenvalue weighted by Crippen LogP contribution is 2.35. The fourth-order valence-electron chi connectivity index (χ4n) is 2.96. The van der Waals surface area contributed by atoms with E-state index in [4.69, 9.17) is 4.74 Å². The van der Waals surface area contributed by atoms with Crippen LogP contribution in [0.4, 0.5) is 0 Å². The van der Waals surface area contributed by atoms with E-state index in [0.29, 0.717) is 11.7 Å². The van der Waals surface area contributed by atoms with Crippen molar-refractivity contribution in [3.63, 3.8) is 0 Å². The standard InChI is InChI=1S/C16H26N2O2/c1-16(2,3)12-10-13(19)18-15(17-12)14(20-4)11-8-6-5-7-9-11/h10-11,14H,5-9H2,1-4H3,(H,17,18,19). The van der Waals surface area contributed by atoms with E-state index >= 15 is 0 Å². The van der Waals surface area contributed by atoms with Crippen molar-refractivity contribution in [2.45, 2.75) is 64.4 Å². The molecule has 0 saturated heterocycles. The predicted octanol–water partition coefficient (Wildman–Crippen LogP) is 3.34. The third-order valence-electron chi connectivity index (χ3n) is 4.13. The highest BCUT2D eigenvalue weighted by Gasteiger charge is 2.28. The molecular weight excluding hydrogens is 252 g/mol. The van der Waals surface area contributed by atoms with Gasteiger partial charge in [0.25, 0.3) is 5.56 Å². The zero-order valence-electron chi connectivity index (χ0n) is 13.0. The van der Waals surface area contributed by atoms with Crippen LogP contribution < -0.4 is 5.56 Å². The summed E-state index contributed by atoms with van der Waals surface area (Å²) in [6.45, 7) is 6.21. The second kappa shape index (κ2) is 6.08. The Morgan fingerprint density at radius 3 is 2.50 bits per heavy atom. The third-order valence-corrected chi connectivity index (χ3v) is 4.13. The topological polar surface area (TPSA) is 55.0 Å². The quantitative estimate of drug-likeness (QED) is 0.922. The monoisotopic (exact) mass is 278 g/mol. The molecule has 1 N–H and O–H groups in total. The van der Waals surface area contributed by atoms with Crippen LogP contribution in [-0.4, -0.2) is 17.1 Å². The summed E-state index contributed by atoms with van der Waals surface area (Å²) in [4.78, 5) is 19.5. The number of nitrogens with one attached hydrogen (secondary N) is 1. The van der Waals surface area contributed by atoms with Crippen molar-refractivity contribution >= 4 is 0 Å². The van der Waals surface area contributed by atoms with Crippen LogP contribution in [0.2, 0.25) is 0 Å². The Hall–Kier alpha value is -1.16. The first kappa shape index (κ1) is 15.2. The molecule has 0 radical (unpaired) electrons. The second-order valence-electron chi connectivity index (χ2n) is 6.82. The van der Waals surface area contributed by atoms with E-state index in [2.05, 4.69) is 30.7 Å². The molecule has 112 valence electrons. The van der Waals surface area contributed by atoms with Gasteiger partial charge in [-0.15, -0.1) is 0 Å². The van der Waals surface area contributed by atoms with Gasteiger partial charge in [-0.1, -0.05) is 40.0 Å². The molecule has 1 aliphatic rings. The zero-order valence-corrected chi connectivity index (χ0v) is 13.0. The van der Waals surface area contributed by atoms with Crippen molar-refractivity contribution < 1.29 is 4.74 Å². The summed E-state index contributed by atoms with van der Waals surface area (Å²) in [6, 6.07) is 1.59. The van der Waals surface area contributed by atoms with Gasteiger partial charge < -0.3 is 9.72 Å². The summed E-state index contributed by atoms with van der Waals surface area (Å²) in [5, 5.41) is 0. The number of nitrogens with zero attached hydrogens (tertiary/aromatic N) is 1. The van der Waals surface area contributed by atoms with E-state index in [1.807, 2.05) is 0 Å².